The van der Waals surface area contributed by atoms with Crippen LogP contribution in [0.4, 0.5) is 0 Å². The highest BCUT2D eigenvalue weighted by Crippen LogP contribution is 2.30. The molecule has 0 saturated carbocycles. The Morgan fingerprint density at radius 2 is 2.00 bits per heavy atom. The van der Waals surface area contributed by atoms with E-state index in [1.54, 1.807) is 0 Å². The summed E-state index contributed by atoms with van der Waals surface area (Å²) in [5.74, 6) is 2.52. The molecule has 3 heterocycles. The van der Waals surface area contributed by atoms with Crippen molar-refractivity contribution in [1.82, 2.24) is 10.2 Å². The number of ether oxygens (including phenoxy) is 2. The molecule has 0 bridgehead atoms. The Labute approximate surface area is 159 Å². The van der Waals surface area contributed by atoms with Gasteiger partial charge in [0.05, 0.1) is 6.54 Å². The van der Waals surface area contributed by atoms with E-state index in [0.29, 0.717) is 24.7 Å². The molecule has 6 heteroatoms. The monoisotopic (exact) mass is 370 g/mol. The summed E-state index contributed by atoms with van der Waals surface area (Å²) in [6.07, 6.45) is 3.07. The minimum atomic E-state index is -0.214. The van der Waals surface area contributed by atoms with Gasteiger partial charge in [-0.15, -0.1) is 0 Å². The highest BCUT2D eigenvalue weighted by atomic mass is 16.6. The molecule has 1 fully saturated rings. The number of rotatable bonds is 6. The van der Waals surface area contributed by atoms with Crippen molar-refractivity contribution in [1.29, 1.82) is 0 Å². The van der Waals surface area contributed by atoms with Gasteiger partial charge >= 0.3 is 0 Å². The number of carbonyl (C=O) groups is 1. The van der Waals surface area contributed by atoms with E-state index in [1.807, 2.05) is 30.3 Å². The number of para-hydroxylation sites is 2. The first-order valence-electron chi connectivity index (χ1n) is 9.73. The fourth-order valence-electron chi connectivity index (χ4n) is 3.65. The number of aryl methyl sites for hydroxylation is 1. The van der Waals surface area contributed by atoms with Crippen molar-refractivity contribution < 1.29 is 18.7 Å². The average molecular weight is 370 g/mol. The van der Waals surface area contributed by atoms with Crippen molar-refractivity contribution in [3.05, 3.63) is 47.4 Å². The predicted molar refractivity (Wildman–Crippen MR) is 101 cm³/mol. The third-order valence-corrected chi connectivity index (χ3v) is 5.09. The zero-order valence-corrected chi connectivity index (χ0v) is 15.7. The Kier molecular flexibility index (Phi) is 5.34. The second-order valence-electron chi connectivity index (χ2n) is 7.10. The van der Waals surface area contributed by atoms with Crippen LogP contribution in [0.25, 0.3) is 0 Å². The molecule has 1 aromatic heterocycles. The van der Waals surface area contributed by atoms with Crippen LogP contribution in [0.15, 0.2) is 34.7 Å². The molecule has 0 unspecified atom stereocenters. The first-order valence-corrected chi connectivity index (χ1v) is 9.73. The number of benzene rings is 1. The molecule has 0 aliphatic carbocycles. The number of amides is 1. The van der Waals surface area contributed by atoms with Crippen LogP contribution in [0.5, 0.6) is 11.5 Å². The van der Waals surface area contributed by atoms with E-state index in [-0.39, 0.29) is 12.0 Å². The summed E-state index contributed by atoms with van der Waals surface area (Å²) < 4.78 is 17.4. The van der Waals surface area contributed by atoms with Crippen LogP contribution in [0, 0.1) is 0 Å². The molecular formula is C21H26N2O4. The number of nitrogens with one attached hydrogen (secondary N) is 1. The van der Waals surface area contributed by atoms with Gasteiger partial charge in [-0.25, -0.2) is 0 Å². The van der Waals surface area contributed by atoms with Crippen LogP contribution in [-0.2, 0) is 13.0 Å². The first-order chi connectivity index (χ1) is 13.2. The van der Waals surface area contributed by atoms with Gasteiger partial charge in [-0.1, -0.05) is 19.1 Å². The maximum absolute atomic E-state index is 12.5. The Bertz CT molecular complexity index is 795. The molecule has 1 amide bonds. The maximum Gasteiger partial charge on any atom is 0.287 e. The van der Waals surface area contributed by atoms with Crippen LogP contribution < -0.4 is 14.8 Å². The summed E-state index contributed by atoms with van der Waals surface area (Å²) >= 11 is 0. The van der Waals surface area contributed by atoms with E-state index < -0.39 is 0 Å². The van der Waals surface area contributed by atoms with E-state index in [9.17, 15) is 4.79 Å². The molecule has 2 aliphatic rings. The lowest BCUT2D eigenvalue weighted by atomic mass is 10.2. The Hall–Kier alpha value is -2.47. The number of hydrogen-bond donors (Lipinski definition) is 1. The number of nitrogens with zero attached hydrogens (tertiary/aromatic N) is 1. The van der Waals surface area contributed by atoms with Gasteiger partial charge in [0.15, 0.2) is 17.3 Å². The first kappa shape index (κ1) is 17.9. The lowest BCUT2D eigenvalue weighted by molar-refractivity contribution is 0.0772. The third-order valence-electron chi connectivity index (χ3n) is 5.09. The van der Waals surface area contributed by atoms with Crippen LogP contribution in [0.3, 0.4) is 0 Å². The average Bonchev–Trinajstić information content (AvgIpc) is 3.36. The smallest absolute Gasteiger partial charge is 0.287 e. The predicted octanol–water partition coefficient (Wildman–Crippen LogP) is 3.01. The maximum atomic E-state index is 12.5. The third kappa shape index (κ3) is 4.11. The Morgan fingerprint density at radius 3 is 2.78 bits per heavy atom. The standard InChI is InChI=1S/C21H26N2O4/c1-2-17-15(13-23-9-5-6-10-23)11-20(27-17)21(24)22-12-16-14-25-18-7-3-4-8-19(18)26-16/h3-4,7-8,11,16H,2,5-6,9-10,12-14H2,1H3,(H,22,24)/t16-/m1/s1. The SMILES string of the molecule is CCc1oc(C(=O)NC[C@@H]2COc3ccccc3O2)cc1CN1CCCC1. The summed E-state index contributed by atoms with van der Waals surface area (Å²) in [6, 6.07) is 9.45. The van der Waals surface area contributed by atoms with Gasteiger partial charge in [-0.2, -0.15) is 0 Å². The second kappa shape index (κ2) is 8.05. The van der Waals surface area contributed by atoms with Crippen molar-refractivity contribution in [2.45, 2.75) is 38.8 Å². The number of carbonyl (C=O) groups excluding carboxylic acids is 1. The summed E-state index contributed by atoms with van der Waals surface area (Å²) in [5, 5.41) is 2.91. The lowest BCUT2D eigenvalue weighted by Gasteiger charge is -2.26. The highest BCUT2D eigenvalue weighted by molar-refractivity contribution is 5.91. The molecule has 1 N–H and O–H groups in total. The fourth-order valence-corrected chi connectivity index (χ4v) is 3.65. The van der Waals surface area contributed by atoms with E-state index in [1.165, 1.54) is 12.8 Å². The molecule has 1 atom stereocenters. The van der Waals surface area contributed by atoms with Crippen molar-refractivity contribution in [2.24, 2.45) is 0 Å². The molecule has 2 aromatic rings. The lowest BCUT2D eigenvalue weighted by Crippen LogP contribution is -2.40. The number of furan rings is 1. The molecule has 144 valence electrons. The molecule has 0 spiro atoms. The largest absolute Gasteiger partial charge is 0.486 e. The van der Waals surface area contributed by atoms with Gasteiger partial charge in [-0.3, -0.25) is 9.69 Å². The minimum Gasteiger partial charge on any atom is -0.486 e. The molecule has 6 nitrogen and oxygen atoms in total. The topological polar surface area (TPSA) is 63.9 Å². The fraction of sp³-hybridized carbons (Fsp3) is 0.476. The summed E-state index contributed by atoms with van der Waals surface area (Å²) in [6.45, 7) is 5.94. The second-order valence-corrected chi connectivity index (χ2v) is 7.10. The van der Waals surface area contributed by atoms with Crippen LogP contribution >= 0.6 is 0 Å². The van der Waals surface area contributed by atoms with Crippen molar-refractivity contribution in [3.63, 3.8) is 0 Å². The summed E-state index contributed by atoms with van der Waals surface area (Å²) in [7, 11) is 0. The zero-order chi connectivity index (χ0) is 18.6. The van der Waals surface area contributed by atoms with E-state index in [4.69, 9.17) is 13.9 Å². The summed E-state index contributed by atoms with van der Waals surface area (Å²) in [4.78, 5) is 14.9. The molecule has 1 saturated heterocycles. The molecule has 27 heavy (non-hydrogen) atoms. The molecule has 2 aliphatic heterocycles. The Morgan fingerprint density at radius 1 is 1.22 bits per heavy atom. The van der Waals surface area contributed by atoms with Crippen molar-refractivity contribution >= 4 is 5.91 Å². The molecule has 0 radical (unpaired) electrons. The minimum absolute atomic E-state index is 0.208. The van der Waals surface area contributed by atoms with Crippen molar-refractivity contribution in [3.8, 4) is 11.5 Å². The van der Waals surface area contributed by atoms with E-state index >= 15 is 0 Å². The van der Waals surface area contributed by atoms with Crippen LogP contribution in [0.2, 0.25) is 0 Å². The molecule has 4 rings (SSSR count). The van der Waals surface area contributed by atoms with Crippen LogP contribution in [-0.4, -0.2) is 43.2 Å². The van der Waals surface area contributed by atoms with Gasteiger partial charge in [0, 0.05) is 18.5 Å². The zero-order valence-electron chi connectivity index (χ0n) is 15.7. The number of hydrogen-bond acceptors (Lipinski definition) is 5. The van der Waals surface area contributed by atoms with Gasteiger partial charge in [0.2, 0.25) is 0 Å². The highest BCUT2D eigenvalue weighted by Gasteiger charge is 2.23. The quantitative estimate of drug-likeness (QED) is 0.847. The number of fused-ring (bicyclic) bond motifs is 1. The van der Waals surface area contributed by atoms with Gasteiger partial charge in [0.1, 0.15) is 18.5 Å². The van der Waals surface area contributed by atoms with Gasteiger partial charge in [0.25, 0.3) is 5.91 Å². The summed E-state index contributed by atoms with van der Waals surface area (Å²) in [5.41, 5.74) is 1.12. The van der Waals surface area contributed by atoms with Gasteiger partial charge < -0.3 is 19.2 Å². The van der Waals surface area contributed by atoms with Gasteiger partial charge in [-0.05, 0) is 44.1 Å². The Balaban J connectivity index is 1.35. The molecular weight excluding hydrogens is 344 g/mol. The van der Waals surface area contributed by atoms with Crippen molar-refractivity contribution in [2.75, 3.05) is 26.2 Å². The van der Waals surface area contributed by atoms with Crippen LogP contribution in [0.1, 0.15) is 41.6 Å². The van der Waals surface area contributed by atoms with E-state index in [0.717, 1.165) is 43.1 Å². The number of likely N-dealkylation sites (tertiary alicyclic amines) is 1. The van der Waals surface area contributed by atoms with E-state index in [2.05, 4.69) is 17.1 Å². The normalized spacial score (nSPS) is 19.2. The molecule has 1 aromatic carbocycles.